The number of pyridine rings is 1. The molecular formula is C18H16N6O3S. The predicted octanol–water partition coefficient (Wildman–Crippen LogP) is 2.15. The SMILES string of the molecule is Cc1noc(C)c1C1=CC2NC(=O)N(c3cncc4cnn(C)c34)C(=O)C2S1. The van der Waals surface area contributed by atoms with Crippen LogP contribution < -0.4 is 10.2 Å². The van der Waals surface area contributed by atoms with Gasteiger partial charge in [0.1, 0.15) is 11.0 Å². The second-order valence-corrected chi connectivity index (χ2v) is 7.97. The van der Waals surface area contributed by atoms with Gasteiger partial charge in [0, 0.05) is 23.5 Å². The number of fused-ring (bicyclic) bond motifs is 2. The van der Waals surface area contributed by atoms with Gasteiger partial charge in [-0.3, -0.25) is 14.5 Å². The molecule has 0 bridgehead atoms. The number of urea groups is 1. The highest BCUT2D eigenvalue weighted by Gasteiger charge is 2.46. The molecule has 3 aromatic heterocycles. The summed E-state index contributed by atoms with van der Waals surface area (Å²) in [6.07, 6.45) is 6.73. The molecule has 5 heterocycles. The van der Waals surface area contributed by atoms with E-state index in [-0.39, 0.29) is 11.9 Å². The molecule has 5 rings (SSSR count). The van der Waals surface area contributed by atoms with Gasteiger partial charge in [0.15, 0.2) is 0 Å². The van der Waals surface area contributed by atoms with Crippen LogP contribution in [0.1, 0.15) is 17.0 Å². The number of hydrogen-bond acceptors (Lipinski definition) is 7. The van der Waals surface area contributed by atoms with E-state index in [1.807, 2.05) is 19.9 Å². The summed E-state index contributed by atoms with van der Waals surface area (Å²) in [6.45, 7) is 3.69. The topological polar surface area (TPSA) is 106 Å². The highest BCUT2D eigenvalue weighted by Crippen LogP contribution is 2.44. The van der Waals surface area contributed by atoms with Crippen LogP contribution in [0.4, 0.5) is 10.5 Å². The van der Waals surface area contributed by atoms with Crippen LogP contribution in [0.2, 0.25) is 0 Å². The predicted molar refractivity (Wildman–Crippen MR) is 104 cm³/mol. The summed E-state index contributed by atoms with van der Waals surface area (Å²) >= 11 is 1.41. The van der Waals surface area contributed by atoms with Gasteiger partial charge in [-0.15, -0.1) is 11.8 Å². The Bertz CT molecular complexity index is 1160. The number of anilines is 1. The van der Waals surface area contributed by atoms with Crippen molar-refractivity contribution in [1.29, 1.82) is 0 Å². The van der Waals surface area contributed by atoms with Crippen molar-refractivity contribution < 1.29 is 14.1 Å². The fourth-order valence-corrected chi connectivity index (χ4v) is 5.14. The van der Waals surface area contributed by atoms with Gasteiger partial charge in [-0.1, -0.05) is 5.16 Å². The van der Waals surface area contributed by atoms with E-state index in [2.05, 4.69) is 20.6 Å². The first-order valence-corrected chi connectivity index (χ1v) is 9.55. The van der Waals surface area contributed by atoms with Crippen molar-refractivity contribution >= 4 is 45.2 Å². The molecule has 142 valence electrons. The monoisotopic (exact) mass is 396 g/mol. The van der Waals surface area contributed by atoms with Crippen molar-refractivity contribution in [3.05, 3.63) is 41.7 Å². The standard InChI is InChI=1S/C18H16N6O3S/c1-8-14(9(2)27-22-8)13-4-11-16(28-13)17(25)24(18(26)21-11)12-7-19-5-10-6-20-23(3)15(10)12/h4-7,11,16H,1-3H3,(H,21,26). The molecule has 0 aromatic carbocycles. The molecule has 0 aliphatic carbocycles. The maximum atomic E-state index is 13.3. The molecule has 3 amide bonds. The Kier molecular flexibility index (Phi) is 3.60. The minimum Gasteiger partial charge on any atom is -0.361 e. The fourth-order valence-electron chi connectivity index (χ4n) is 3.74. The molecule has 1 N–H and O–H groups in total. The molecular weight excluding hydrogens is 380 g/mol. The minimum atomic E-state index is -0.474. The number of carbonyl (C=O) groups is 2. The average Bonchev–Trinajstić information content (AvgIpc) is 3.33. The molecule has 2 aliphatic rings. The first-order valence-electron chi connectivity index (χ1n) is 8.67. The molecule has 0 saturated carbocycles. The van der Waals surface area contributed by atoms with Gasteiger partial charge in [-0.25, -0.2) is 9.69 Å². The maximum Gasteiger partial charge on any atom is 0.329 e. The summed E-state index contributed by atoms with van der Waals surface area (Å²) < 4.78 is 6.88. The highest BCUT2D eigenvalue weighted by atomic mass is 32.2. The number of nitrogens with zero attached hydrogens (tertiary/aromatic N) is 5. The van der Waals surface area contributed by atoms with E-state index in [1.54, 1.807) is 24.1 Å². The van der Waals surface area contributed by atoms with E-state index in [0.29, 0.717) is 17.0 Å². The van der Waals surface area contributed by atoms with Crippen molar-refractivity contribution in [3.63, 3.8) is 0 Å². The Balaban J connectivity index is 1.54. The van der Waals surface area contributed by atoms with Crippen LogP contribution in [0.25, 0.3) is 15.8 Å². The van der Waals surface area contributed by atoms with Crippen LogP contribution in [0.5, 0.6) is 0 Å². The van der Waals surface area contributed by atoms with Crippen LogP contribution in [-0.2, 0) is 11.8 Å². The van der Waals surface area contributed by atoms with Crippen molar-refractivity contribution in [2.75, 3.05) is 4.90 Å². The quantitative estimate of drug-likeness (QED) is 0.707. The Morgan fingerprint density at radius 1 is 1.21 bits per heavy atom. The number of aromatic nitrogens is 4. The first-order chi connectivity index (χ1) is 13.5. The largest absolute Gasteiger partial charge is 0.361 e. The van der Waals surface area contributed by atoms with Gasteiger partial charge in [0.2, 0.25) is 0 Å². The Morgan fingerprint density at radius 3 is 2.79 bits per heavy atom. The number of hydrogen-bond donors (Lipinski definition) is 1. The third kappa shape index (κ3) is 2.30. The zero-order valence-electron chi connectivity index (χ0n) is 15.3. The number of thioether (sulfide) groups is 1. The molecule has 0 radical (unpaired) electrons. The summed E-state index contributed by atoms with van der Waals surface area (Å²) in [5.74, 6) is 0.404. The van der Waals surface area contributed by atoms with Gasteiger partial charge in [0.25, 0.3) is 5.91 Å². The molecule has 0 spiro atoms. The fraction of sp³-hybridized carbons (Fsp3) is 0.278. The number of imide groups is 1. The van der Waals surface area contributed by atoms with E-state index < -0.39 is 11.3 Å². The number of aryl methyl sites for hydroxylation is 3. The second kappa shape index (κ2) is 5.93. The lowest BCUT2D eigenvalue weighted by Crippen LogP contribution is -2.60. The molecule has 2 unspecified atom stereocenters. The third-order valence-electron chi connectivity index (χ3n) is 5.01. The number of nitrogens with one attached hydrogen (secondary N) is 1. The van der Waals surface area contributed by atoms with Gasteiger partial charge < -0.3 is 9.84 Å². The van der Waals surface area contributed by atoms with Gasteiger partial charge in [0.05, 0.1) is 40.9 Å². The van der Waals surface area contributed by atoms with E-state index in [0.717, 1.165) is 26.4 Å². The first kappa shape index (κ1) is 17.0. The summed E-state index contributed by atoms with van der Waals surface area (Å²) in [4.78, 5) is 32.3. The lowest BCUT2D eigenvalue weighted by molar-refractivity contribution is -0.118. The Hall–Kier alpha value is -3.14. The molecule has 10 heteroatoms. The molecule has 3 aromatic rings. The van der Waals surface area contributed by atoms with E-state index in [1.165, 1.54) is 18.0 Å². The molecule has 1 saturated heterocycles. The van der Waals surface area contributed by atoms with Crippen LogP contribution >= 0.6 is 11.8 Å². The highest BCUT2D eigenvalue weighted by molar-refractivity contribution is 8.09. The number of carbonyl (C=O) groups excluding carboxylic acids is 2. The lowest BCUT2D eigenvalue weighted by atomic mass is 10.1. The molecule has 2 atom stereocenters. The van der Waals surface area contributed by atoms with Crippen LogP contribution in [-0.4, -0.2) is 43.2 Å². The van der Waals surface area contributed by atoms with Gasteiger partial charge in [-0.2, -0.15) is 5.10 Å². The molecule has 9 nitrogen and oxygen atoms in total. The van der Waals surface area contributed by atoms with E-state index in [9.17, 15) is 9.59 Å². The third-order valence-corrected chi connectivity index (χ3v) is 6.35. The Labute approximate surface area is 163 Å². The van der Waals surface area contributed by atoms with Gasteiger partial charge in [-0.05, 0) is 19.9 Å². The smallest absolute Gasteiger partial charge is 0.329 e. The van der Waals surface area contributed by atoms with Gasteiger partial charge >= 0.3 is 6.03 Å². The van der Waals surface area contributed by atoms with Crippen LogP contribution in [0.15, 0.2) is 29.2 Å². The van der Waals surface area contributed by atoms with Crippen molar-refractivity contribution in [1.82, 2.24) is 25.2 Å². The maximum absolute atomic E-state index is 13.3. The van der Waals surface area contributed by atoms with Crippen molar-refractivity contribution in [3.8, 4) is 0 Å². The summed E-state index contributed by atoms with van der Waals surface area (Å²) in [5.41, 5.74) is 2.74. The summed E-state index contributed by atoms with van der Waals surface area (Å²) in [7, 11) is 1.77. The second-order valence-electron chi connectivity index (χ2n) is 6.78. The normalized spacial score (nSPS) is 21.8. The van der Waals surface area contributed by atoms with Crippen molar-refractivity contribution in [2.24, 2.45) is 7.05 Å². The van der Waals surface area contributed by atoms with Crippen molar-refractivity contribution in [2.45, 2.75) is 25.1 Å². The molecule has 28 heavy (non-hydrogen) atoms. The molecule has 2 aliphatic heterocycles. The van der Waals surface area contributed by atoms with E-state index in [4.69, 9.17) is 4.52 Å². The summed E-state index contributed by atoms with van der Waals surface area (Å²) in [5, 5.41) is 11.4. The Morgan fingerprint density at radius 2 is 2.04 bits per heavy atom. The zero-order chi connectivity index (χ0) is 19.6. The number of amides is 3. The lowest BCUT2D eigenvalue weighted by Gasteiger charge is -2.33. The van der Waals surface area contributed by atoms with E-state index >= 15 is 0 Å². The minimum absolute atomic E-state index is 0.285. The number of rotatable bonds is 2. The van der Waals surface area contributed by atoms with Crippen LogP contribution in [0.3, 0.4) is 0 Å². The summed E-state index contributed by atoms with van der Waals surface area (Å²) in [6, 6.07) is -0.859. The van der Waals surface area contributed by atoms with Crippen LogP contribution in [0, 0.1) is 13.8 Å². The average molecular weight is 396 g/mol. The molecule has 1 fully saturated rings. The zero-order valence-corrected chi connectivity index (χ0v) is 16.1.